The minimum Gasteiger partial charge on any atom is -0.384 e. The van der Waals surface area contributed by atoms with Crippen molar-refractivity contribution >= 4 is 17.2 Å². The van der Waals surface area contributed by atoms with Gasteiger partial charge in [0.2, 0.25) is 0 Å². The lowest BCUT2D eigenvalue weighted by atomic mass is 10.3. The molecule has 1 aromatic heterocycles. The van der Waals surface area contributed by atoms with Crippen molar-refractivity contribution in [3.8, 4) is 0 Å². The highest BCUT2D eigenvalue weighted by Crippen LogP contribution is 2.13. The third-order valence-electron chi connectivity index (χ3n) is 1.32. The van der Waals surface area contributed by atoms with E-state index in [1.165, 1.54) is 4.88 Å². The Morgan fingerprint density at radius 2 is 2.55 bits per heavy atom. The first kappa shape index (κ1) is 8.23. The highest BCUT2D eigenvalue weighted by Gasteiger charge is 1.99. The molecule has 4 heteroatoms. The summed E-state index contributed by atoms with van der Waals surface area (Å²) < 4.78 is 0. The molecule has 1 heterocycles. The van der Waals surface area contributed by atoms with Crippen molar-refractivity contribution < 1.29 is 0 Å². The predicted octanol–water partition coefficient (Wildman–Crippen LogP) is 0.752. The Hall–Kier alpha value is -0.870. The smallest absolute Gasteiger partial charge is 0.123 e. The molecule has 0 spiro atoms. The summed E-state index contributed by atoms with van der Waals surface area (Å²) in [6, 6.07) is 1.93. The van der Waals surface area contributed by atoms with Crippen LogP contribution in [0.25, 0.3) is 0 Å². The molecule has 0 aliphatic carbocycles. The summed E-state index contributed by atoms with van der Waals surface area (Å²) >= 11 is 1.62. The van der Waals surface area contributed by atoms with Gasteiger partial charge in [0.15, 0.2) is 0 Å². The first-order chi connectivity index (χ1) is 5.24. The standard InChI is InChI=1S/C7H11N3S/c1-10-3-6-2-5(4-11-6)7(8)9/h2,4,10H,3H2,1H3,(H3,8,9). The Kier molecular flexibility index (Phi) is 2.62. The lowest BCUT2D eigenvalue weighted by molar-refractivity contribution is 0.831. The van der Waals surface area contributed by atoms with E-state index in [1.54, 1.807) is 11.3 Å². The van der Waals surface area contributed by atoms with Crippen molar-refractivity contribution in [2.75, 3.05) is 7.05 Å². The molecule has 11 heavy (non-hydrogen) atoms. The number of nitrogens with one attached hydrogen (secondary N) is 2. The van der Waals surface area contributed by atoms with Crippen LogP contribution in [0, 0.1) is 5.41 Å². The zero-order chi connectivity index (χ0) is 8.27. The van der Waals surface area contributed by atoms with Crippen molar-refractivity contribution in [2.24, 2.45) is 5.73 Å². The Labute approximate surface area is 69.7 Å². The van der Waals surface area contributed by atoms with Gasteiger partial charge < -0.3 is 11.1 Å². The van der Waals surface area contributed by atoms with E-state index in [1.807, 2.05) is 18.5 Å². The molecule has 60 valence electrons. The molecule has 0 bridgehead atoms. The molecule has 3 nitrogen and oxygen atoms in total. The maximum Gasteiger partial charge on any atom is 0.123 e. The molecule has 0 fully saturated rings. The van der Waals surface area contributed by atoms with Gasteiger partial charge in [0.1, 0.15) is 5.84 Å². The van der Waals surface area contributed by atoms with Crippen LogP contribution in [0.1, 0.15) is 10.4 Å². The molecule has 0 atom stereocenters. The zero-order valence-corrected chi connectivity index (χ0v) is 7.16. The van der Waals surface area contributed by atoms with Crippen LogP contribution in [0.15, 0.2) is 11.4 Å². The summed E-state index contributed by atoms with van der Waals surface area (Å²) in [7, 11) is 1.90. The van der Waals surface area contributed by atoms with E-state index in [2.05, 4.69) is 5.32 Å². The molecule has 0 saturated heterocycles. The number of amidine groups is 1. The van der Waals surface area contributed by atoms with Crippen molar-refractivity contribution in [1.82, 2.24) is 5.32 Å². The minimum absolute atomic E-state index is 0.142. The molecule has 0 amide bonds. The summed E-state index contributed by atoms with van der Waals surface area (Å²) in [5.41, 5.74) is 6.11. The van der Waals surface area contributed by atoms with Gasteiger partial charge in [0.05, 0.1) is 0 Å². The molecule has 0 aromatic carbocycles. The van der Waals surface area contributed by atoms with E-state index < -0.39 is 0 Å². The fourth-order valence-electron chi connectivity index (χ4n) is 0.789. The van der Waals surface area contributed by atoms with Crippen LogP contribution in [0.5, 0.6) is 0 Å². The van der Waals surface area contributed by atoms with E-state index in [0.29, 0.717) is 0 Å². The van der Waals surface area contributed by atoms with E-state index in [-0.39, 0.29) is 5.84 Å². The monoisotopic (exact) mass is 169 g/mol. The molecule has 1 aromatic rings. The van der Waals surface area contributed by atoms with Crippen LogP contribution in [0.4, 0.5) is 0 Å². The third kappa shape index (κ3) is 2.03. The van der Waals surface area contributed by atoms with E-state index >= 15 is 0 Å². The number of thiophene rings is 1. The fourth-order valence-corrected chi connectivity index (χ4v) is 1.68. The van der Waals surface area contributed by atoms with Crippen molar-refractivity contribution in [3.05, 3.63) is 21.9 Å². The molecular formula is C7H11N3S. The quantitative estimate of drug-likeness (QED) is 0.462. The van der Waals surface area contributed by atoms with Gasteiger partial charge in [-0.3, -0.25) is 5.41 Å². The Morgan fingerprint density at radius 1 is 1.82 bits per heavy atom. The summed E-state index contributed by atoms with van der Waals surface area (Å²) in [6.45, 7) is 0.845. The average molecular weight is 169 g/mol. The third-order valence-corrected chi connectivity index (χ3v) is 2.25. The summed E-state index contributed by atoms with van der Waals surface area (Å²) in [5, 5.41) is 12.1. The predicted molar refractivity (Wildman–Crippen MR) is 48.1 cm³/mol. The van der Waals surface area contributed by atoms with Crippen LogP contribution in [0.3, 0.4) is 0 Å². The molecular weight excluding hydrogens is 158 g/mol. The van der Waals surface area contributed by atoms with Gasteiger partial charge in [-0.05, 0) is 13.1 Å². The second-order valence-electron chi connectivity index (χ2n) is 2.25. The maximum atomic E-state index is 7.14. The van der Waals surface area contributed by atoms with Gasteiger partial charge in [-0.1, -0.05) is 0 Å². The number of nitrogens with two attached hydrogens (primary N) is 1. The second kappa shape index (κ2) is 3.50. The molecule has 0 aliphatic rings. The lowest BCUT2D eigenvalue weighted by Crippen LogP contribution is -2.09. The van der Waals surface area contributed by atoms with Crippen molar-refractivity contribution in [2.45, 2.75) is 6.54 Å². The maximum absolute atomic E-state index is 7.14. The van der Waals surface area contributed by atoms with Crippen molar-refractivity contribution in [1.29, 1.82) is 5.41 Å². The second-order valence-corrected chi connectivity index (χ2v) is 3.24. The zero-order valence-electron chi connectivity index (χ0n) is 6.35. The van der Waals surface area contributed by atoms with E-state index in [4.69, 9.17) is 11.1 Å². The van der Waals surface area contributed by atoms with Crippen LogP contribution in [-0.4, -0.2) is 12.9 Å². The Bertz CT molecular complexity index is 254. The topological polar surface area (TPSA) is 61.9 Å². The molecule has 4 N–H and O–H groups in total. The highest BCUT2D eigenvalue weighted by molar-refractivity contribution is 7.10. The first-order valence-electron chi connectivity index (χ1n) is 3.30. The van der Waals surface area contributed by atoms with E-state index in [9.17, 15) is 0 Å². The fraction of sp³-hybridized carbons (Fsp3) is 0.286. The lowest BCUT2D eigenvalue weighted by Gasteiger charge is -1.91. The minimum atomic E-state index is 0.142. The van der Waals surface area contributed by atoms with Gasteiger partial charge in [-0.25, -0.2) is 0 Å². The Morgan fingerprint density at radius 3 is 3.00 bits per heavy atom. The van der Waals surface area contributed by atoms with Crippen LogP contribution in [0.2, 0.25) is 0 Å². The molecule has 0 aliphatic heterocycles. The van der Waals surface area contributed by atoms with Gasteiger partial charge in [0.25, 0.3) is 0 Å². The van der Waals surface area contributed by atoms with Crippen LogP contribution in [-0.2, 0) is 6.54 Å². The summed E-state index contributed by atoms with van der Waals surface area (Å²) in [5.74, 6) is 0.142. The van der Waals surface area contributed by atoms with Gasteiger partial charge in [0, 0.05) is 22.4 Å². The largest absolute Gasteiger partial charge is 0.384 e. The number of nitrogen functional groups attached to an aromatic ring is 1. The molecule has 0 unspecified atom stereocenters. The van der Waals surface area contributed by atoms with Crippen molar-refractivity contribution in [3.63, 3.8) is 0 Å². The number of hydrogen-bond acceptors (Lipinski definition) is 3. The summed E-state index contributed by atoms with van der Waals surface area (Å²) in [4.78, 5) is 1.21. The molecule has 1 rings (SSSR count). The molecule has 0 radical (unpaired) electrons. The molecule has 0 saturated carbocycles. The normalized spacial score (nSPS) is 9.91. The van der Waals surface area contributed by atoms with Gasteiger partial charge >= 0.3 is 0 Å². The van der Waals surface area contributed by atoms with Gasteiger partial charge in [-0.15, -0.1) is 11.3 Å². The average Bonchev–Trinajstić information content (AvgIpc) is 2.37. The first-order valence-corrected chi connectivity index (χ1v) is 4.18. The van der Waals surface area contributed by atoms with Crippen LogP contribution >= 0.6 is 11.3 Å². The van der Waals surface area contributed by atoms with Crippen LogP contribution < -0.4 is 11.1 Å². The number of rotatable bonds is 3. The summed E-state index contributed by atoms with van der Waals surface area (Å²) in [6.07, 6.45) is 0. The van der Waals surface area contributed by atoms with E-state index in [0.717, 1.165) is 12.1 Å². The SMILES string of the molecule is CNCc1cc(C(=N)N)cs1. The Balaban J connectivity index is 2.73. The highest BCUT2D eigenvalue weighted by atomic mass is 32.1. The van der Waals surface area contributed by atoms with Gasteiger partial charge in [-0.2, -0.15) is 0 Å². The number of hydrogen-bond donors (Lipinski definition) is 3.